The average Bonchev–Trinajstić information content (AvgIpc) is 2.77. The van der Waals surface area contributed by atoms with Gasteiger partial charge in [0.25, 0.3) is 0 Å². The van der Waals surface area contributed by atoms with E-state index in [0.717, 1.165) is 41.8 Å². The minimum Gasteiger partial charge on any atom is -0.370 e. The van der Waals surface area contributed by atoms with Crippen LogP contribution in [-0.2, 0) is 0 Å². The van der Waals surface area contributed by atoms with Crippen LogP contribution in [0.15, 0.2) is 22.7 Å². The van der Waals surface area contributed by atoms with Crippen molar-refractivity contribution in [2.45, 2.75) is 6.42 Å². The normalized spacial score (nSPS) is 19.8. The lowest BCUT2D eigenvalue weighted by Crippen LogP contribution is -2.23. The van der Waals surface area contributed by atoms with Crippen LogP contribution in [0.4, 0.5) is 5.69 Å². The van der Waals surface area contributed by atoms with Crippen LogP contribution in [0.2, 0.25) is 0 Å². The first kappa shape index (κ1) is 11.4. The summed E-state index contributed by atoms with van der Waals surface area (Å²) in [6.07, 6.45) is 1.12. The van der Waals surface area contributed by atoms with Gasteiger partial charge < -0.3 is 10.6 Å². The standard InChI is InChI=1S/C12H14BrN3/c13-11-1-2-12(10(5-11)7-15)16-4-3-9(6-14)8-16/h1-2,5,9H,3-4,6,8,14H2. The molecule has 2 N–H and O–H groups in total. The largest absolute Gasteiger partial charge is 0.370 e. The number of rotatable bonds is 2. The predicted octanol–water partition coefficient (Wildman–Crippen LogP) is 2.11. The summed E-state index contributed by atoms with van der Waals surface area (Å²) in [7, 11) is 0. The van der Waals surface area contributed by atoms with Crippen LogP contribution in [0.1, 0.15) is 12.0 Å². The van der Waals surface area contributed by atoms with Crippen molar-refractivity contribution in [3.63, 3.8) is 0 Å². The fraction of sp³-hybridized carbons (Fsp3) is 0.417. The molecule has 84 valence electrons. The zero-order valence-electron chi connectivity index (χ0n) is 8.99. The van der Waals surface area contributed by atoms with E-state index in [1.54, 1.807) is 0 Å². The first-order valence-electron chi connectivity index (χ1n) is 5.39. The van der Waals surface area contributed by atoms with Crippen LogP contribution < -0.4 is 10.6 Å². The van der Waals surface area contributed by atoms with Crippen molar-refractivity contribution >= 4 is 21.6 Å². The number of benzene rings is 1. The van der Waals surface area contributed by atoms with E-state index in [2.05, 4.69) is 26.9 Å². The van der Waals surface area contributed by atoms with Crippen LogP contribution in [0.5, 0.6) is 0 Å². The van der Waals surface area contributed by atoms with E-state index in [-0.39, 0.29) is 0 Å². The highest BCUT2D eigenvalue weighted by molar-refractivity contribution is 9.10. The Hall–Kier alpha value is -1.05. The molecule has 16 heavy (non-hydrogen) atoms. The summed E-state index contributed by atoms with van der Waals surface area (Å²) < 4.78 is 0.947. The van der Waals surface area contributed by atoms with Gasteiger partial charge in [-0.2, -0.15) is 5.26 Å². The molecule has 1 aromatic rings. The lowest BCUT2D eigenvalue weighted by Gasteiger charge is -2.19. The fourth-order valence-corrected chi connectivity index (χ4v) is 2.48. The second kappa shape index (κ2) is 4.86. The molecule has 1 saturated heterocycles. The molecule has 0 bridgehead atoms. The van der Waals surface area contributed by atoms with Crippen molar-refractivity contribution in [1.82, 2.24) is 0 Å². The molecule has 0 radical (unpaired) electrons. The number of anilines is 1. The number of hydrogen-bond acceptors (Lipinski definition) is 3. The van der Waals surface area contributed by atoms with E-state index >= 15 is 0 Å². The maximum Gasteiger partial charge on any atom is 0.101 e. The highest BCUT2D eigenvalue weighted by Gasteiger charge is 2.23. The molecular formula is C12H14BrN3. The van der Waals surface area contributed by atoms with Crippen LogP contribution in [0, 0.1) is 17.2 Å². The van der Waals surface area contributed by atoms with Gasteiger partial charge in [-0.1, -0.05) is 15.9 Å². The zero-order valence-corrected chi connectivity index (χ0v) is 10.6. The Morgan fingerprint density at radius 2 is 2.38 bits per heavy atom. The molecular weight excluding hydrogens is 266 g/mol. The molecule has 0 saturated carbocycles. The second-order valence-corrected chi connectivity index (χ2v) is 5.03. The smallest absolute Gasteiger partial charge is 0.101 e. The van der Waals surface area contributed by atoms with Gasteiger partial charge in [-0.05, 0) is 37.1 Å². The maximum atomic E-state index is 9.10. The Morgan fingerprint density at radius 3 is 3.00 bits per heavy atom. The van der Waals surface area contributed by atoms with E-state index < -0.39 is 0 Å². The monoisotopic (exact) mass is 279 g/mol. The van der Waals surface area contributed by atoms with E-state index in [9.17, 15) is 0 Å². The van der Waals surface area contributed by atoms with Gasteiger partial charge in [-0.25, -0.2) is 0 Å². The van der Waals surface area contributed by atoms with Gasteiger partial charge in [0.05, 0.1) is 11.3 Å². The van der Waals surface area contributed by atoms with Crippen molar-refractivity contribution in [1.29, 1.82) is 5.26 Å². The Bertz CT molecular complexity index is 425. The number of nitrogens with zero attached hydrogens (tertiary/aromatic N) is 2. The first-order valence-corrected chi connectivity index (χ1v) is 6.18. The van der Waals surface area contributed by atoms with E-state index in [1.807, 2.05) is 18.2 Å². The number of nitrogens with two attached hydrogens (primary N) is 1. The van der Waals surface area contributed by atoms with Gasteiger partial charge >= 0.3 is 0 Å². The van der Waals surface area contributed by atoms with Crippen LogP contribution in [0.25, 0.3) is 0 Å². The minimum atomic E-state index is 0.565. The molecule has 2 rings (SSSR count). The van der Waals surface area contributed by atoms with Gasteiger partial charge in [-0.15, -0.1) is 0 Å². The van der Waals surface area contributed by atoms with Gasteiger partial charge in [0.1, 0.15) is 6.07 Å². The Labute approximate surface area is 104 Å². The highest BCUT2D eigenvalue weighted by Crippen LogP contribution is 2.28. The lowest BCUT2D eigenvalue weighted by molar-refractivity contribution is 0.602. The molecule has 0 amide bonds. The maximum absolute atomic E-state index is 9.10. The van der Waals surface area contributed by atoms with Crippen molar-refractivity contribution in [3.05, 3.63) is 28.2 Å². The van der Waals surface area contributed by atoms with Gasteiger partial charge in [-0.3, -0.25) is 0 Å². The molecule has 1 atom stereocenters. The molecule has 0 aliphatic carbocycles. The predicted molar refractivity (Wildman–Crippen MR) is 68.2 cm³/mol. The zero-order chi connectivity index (χ0) is 11.5. The molecule has 3 nitrogen and oxygen atoms in total. The Kier molecular flexibility index (Phi) is 3.47. The molecule has 4 heteroatoms. The third-order valence-corrected chi connectivity index (χ3v) is 3.53. The molecule has 1 aliphatic heterocycles. The van der Waals surface area contributed by atoms with Crippen molar-refractivity contribution in [3.8, 4) is 6.07 Å². The van der Waals surface area contributed by atoms with Crippen molar-refractivity contribution in [2.75, 3.05) is 24.5 Å². The SMILES string of the molecule is N#Cc1cc(Br)ccc1N1CCC(CN)C1. The van der Waals surface area contributed by atoms with Crippen LogP contribution in [-0.4, -0.2) is 19.6 Å². The van der Waals surface area contributed by atoms with Crippen LogP contribution in [0.3, 0.4) is 0 Å². The topological polar surface area (TPSA) is 53.0 Å². The number of hydrogen-bond donors (Lipinski definition) is 1. The van der Waals surface area contributed by atoms with E-state index in [4.69, 9.17) is 11.0 Å². The molecule has 1 aliphatic rings. The minimum absolute atomic E-state index is 0.565. The molecule has 1 heterocycles. The third kappa shape index (κ3) is 2.21. The molecule has 0 aromatic heterocycles. The fourth-order valence-electron chi connectivity index (χ4n) is 2.12. The quantitative estimate of drug-likeness (QED) is 0.902. The summed E-state index contributed by atoms with van der Waals surface area (Å²) in [5, 5.41) is 9.10. The van der Waals surface area contributed by atoms with E-state index in [1.165, 1.54) is 0 Å². The summed E-state index contributed by atoms with van der Waals surface area (Å²) in [6.45, 7) is 2.69. The first-order chi connectivity index (χ1) is 7.74. The summed E-state index contributed by atoms with van der Waals surface area (Å²) in [4.78, 5) is 2.25. The third-order valence-electron chi connectivity index (χ3n) is 3.04. The van der Waals surface area contributed by atoms with E-state index in [0.29, 0.717) is 5.92 Å². The average molecular weight is 280 g/mol. The Morgan fingerprint density at radius 1 is 1.56 bits per heavy atom. The molecule has 0 spiro atoms. The molecule has 1 unspecified atom stereocenters. The summed E-state index contributed by atoms with van der Waals surface area (Å²) in [6, 6.07) is 8.09. The van der Waals surface area contributed by atoms with Gasteiger partial charge in [0.2, 0.25) is 0 Å². The molecule has 1 fully saturated rings. The van der Waals surface area contributed by atoms with Crippen molar-refractivity contribution in [2.24, 2.45) is 11.7 Å². The summed E-state index contributed by atoms with van der Waals surface area (Å²) in [5.74, 6) is 0.565. The van der Waals surface area contributed by atoms with Crippen LogP contribution >= 0.6 is 15.9 Å². The van der Waals surface area contributed by atoms with Gasteiger partial charge in [0, 0.05) is 17.6 Å². The second-order valence-electron chi connectivity index (χ2n) is 4.11. The Balaban J connectivity index is 2.25. The highest BCUT2D eigenvalue weighted by atomic mass is 79.9. The lowest BCUT2D eigenvalue weighted by atomic mass is 10.1. The number of nitriles is 1. The summed E-state index contributed by atoms with van der Waals surface area (Å²) >= 11 is 3.38. The number of halogens is 1. The van der Waals surface area contributed by atoms with Crippen molar-refractivity contribution < 1.29 is 0 Å². The summed E-state index contributed by atoms with van der Waals surface area (Å²) in [5.41, 5.74) is 7.43. The van der Waals surface area contributed by atoms with Gasteiger partial charge in [0.15, 0.2) is 0 Å². The molecule has 1 aromatic carbocycles.